The molecule has 5 heteroatoms. The molecule has 2 fully saturated rings. The molecule has 2 saturated carbocycles. The van der Waals surface area contributed by atoms with Crippen LogP contribution in [0.2, 0.25) is 0 Å². The summed E-state index contributed by atoms with van der Waals surface area (Å²) in [4.78, 5) is 11.6. The van der Waals surface area contributed by atoms with Gasteiger partial charge in [-0.1, -0.05) is 0 Å². The van der Waals surface area contributed by atoms with Crippen molar-refractivity contribution in [2.75, 3.05) is 5.88 Å². The van der Waals surface area contributed by atoms with E-state index < -0.39 is 17.7 Å². The first-order chi connectivity index (χ1) is 6.99. The van der Waals surface area contributed by atoms with E-state index in [0.29, 0.717) is 12.3 Å². The van der Waals surface area contributed by atoms with E-state index in [1.54, 1.807) is 0 Å². The standard InChI is InChI=1S/C10H14ClF2NO/c11-6-9(4-5-9)14-8(15)7-2-1-3-10(7,12)13/h7H,1-6H2,(H,14,15). The third-order valence-corrected chi connectivity index (χ3v) is 3.84. The second-order valence-electron chi connectivity index (χ2n) is 4.61. The average molecular weight is 238 g/mol. The Bertz CT molecular complexity index is 279. The summed E-state index contributed by atoms with van der Waals surface area (Å²) < 4.78 is 26.5. The monoisotopic (exact) mass is 237 g/mol. The number of carbonyl (C=O) groups excluding carboxylic acids is 1. The molecule has 1 amide bonds. The average Bonchev–Trinajstić information content (AvgIpc) is 2.84. The molecule has 0 aromatic rings. The fourth-order valence-electron chi connectivity index (χ4n) is 2.04. The maximum absolute atomic E-state index is 13.3. The van der Waals surface area contributed by atoms with Crippen LogP contribution in [0.3, 0.4) is 0 Å². The fourth-order valence-corrected chi connectivity index (χ4v) is 2.38. The molecule has 0 heterocycles. The van der Waals surface area contributed by atoms with Gasteiger partial charge in [-0.15, -0.1) is 11.6 Å². The lowest BCUT2D eigenvalue weighted by Gasteiger charge is -2.21. The quantitative estimate of drug-likeness (QED) is 0.750. The van der Waals surface area contributed by atoms with Crippen LogP contribution < -0.4 is 5.32 Å². The van der Waals surface area contributed by atoms with E-state index in [0.717, 1.165) is 12.8 Å². The lowest BCUT2D eigenvalue weighted by atomic mass is 10.0. The molecule has 2 aliphatic rings. The van der Waals surface area contributed by atoms with Gasteiger partial charge >= 0.3 is 0 Å². The Labute approximate surface area is 92.4 Å². The number of amides is 1. The van der Waals surface area contributed by atoms with E-state index in [9.17, 15) is 13.6 Å². The zero-order chi connectivity index (χ0) is 11.1. The summed E-state index contributed by atoms with van der Waals surface area (Å²) in [7, 11) is 0. The highest BCUT2D eigenvalue weighted by molar-refractivity contribution is 6.19. The van der Waals surface area contributed by atoms with Gasteiger partial charge in [0.1, 0.15) is 5.92 Å². The Balaban J connectivity index is 1.96. The highest BCUT2D eigenvalue weighted by Crippen LogP contribution is 2.42. The van der Waals surface area contributed by atoms with Crippen LogP contribution in [0, 0.1) is 5.92 Å². The molecule has 0 bridgehead atoms. The summed E-state index contributed by atoms with van der Waals surface area (Å²) >= 11 is 5.68. The van der Waals surface area contributed by atoms with Gasteiger partial charge in [0.05, 0.1) is 5.54 Å². The Kier molecular flexibility index (Phi) is 2.65. The third kappa shape index (κ3) is 2.10. The first-order valence-electron chi connectivity index (χ1n) is 5.25. The van der Waals surface area contributed by atoms with Gasteiger partial charge in [-0.2, -0.15) is 0 Å². The Morgan fingerprint density at radius 1 is 1.40 bits per heavy atom. The van der Waals surface area contributed by atoms with E-state index in [4.69, 9.17) is 11.6 Å². The lowest BCUT2D eigenvalue weighted by Crippen LogP contribution is -2.45. The SMILES string of the molecule is O=C(NC1(CCl)CC1)C1CCCC1(F)F. The second kappa shape index (κ2) is 3.58. The second-order valence-corrected chi connectivity index (χ2v) is 4.88. The highest BCUT2D eigenvalue weighted by Gasteiger charge is 2.51. The van der Waals surface area contributed by atoms with Crippen LogP contribution in [0.4, 0.5) is 8.78 Å². The predicted octanol–water partition coefficient (Wildman–Crippen LogP) is 2.31. The maximum atomic E-state index is 13.3. The molecule has 86 valence electrons. The fraction of sp³-hybridized carbons (Fsp3) is 0.900. The van der Waals surface area contributed by atoms with Crippen molar-refractivity contribution in [1.82, 2.24) is 5.32 Å². The van der Waals surface area contributed by atoms with E-state index in [1.807, 2.05) is 0 Å². The maximum Gasteiger partial charge on any atom is 0.259 e. The summed E-state index contributed by atoms with van der Waals surface area (Å²) in [5.41, 5.74) is -0.378. The van der Waals surface area contributed by atoms with Gasteiger partial charge in [-0.3, -0.25) is 4.79 Å². The van der Waals surface area contributed by atoms with Crippen LogP contribution in [0.1, 0.15) is 32.1 Å². The molecule has 1 unspecified atom stereocenters. The lowest BCUT2D eigenvalue weighted by molar-refractivity contribution is -0.136. The number of hydrogen-bond acceptors (Lipinski definition) is 1. The first-order valence-corrected chi connectivity index (χ1v) is 5.78. The van der Waals surface area contributed by atoms with Crippen LogP contribution >= 0.6 is 11.6 Å². The summed E-state index contributed by atoms with van der Waals surface area (Å²) in [6.07, 6.45) is 2.16. The van der Waals surface area contributed by atoms with Crippen molar-refractivity contribution in [3.63, 3.8) is 0 Å². The van der Waals surface area contributed by atoms with Gasteiger partial charge in [-0.25, -0.2) is 8.78 Å². The van der Waals surface area contributed by atoms with Gasteiger partial charge in [0.15, 0.2) is 0 Å². The molecule has 2 aliphatic carbocycles. The van der Waals surface area contributed by atoms with Crippen molar-refractivity contribution < 1.29 is 13.6 Å². The van der Waals surface area contributed by atoms with E-state index in [-0.39, 0.29) is 18.4 Å². The molecule has 1 atom stereocenters. The summed E-state index contributed by atoms with van der Waals surface area (Å²) in [5.74, 6) is -4.17. The largest absolute Gasteiger partial charge is 0.349 e. The normalized spacial score (nSPS) is 31.3. The zero-order valence-corrected chi connectivity index (χ0v) is 9.12. The molecule has 0 aromatic heterocycles. The van der Waals surface area contributed by atoms with Crippen LogP contribution in [0.5, 0.6) is 0 Å². The van der Waals surface area contributed by atoms with Crippen LogP contribution in [0.15, 0.2) is 0 Å². The molecule has 0 saturated heterocycles. The Morgan fingerprint density at radius 3 is 2.47 bits per heavy atom. The molecule has 2 rings (SSSR count). The molecule has 15 heavy (non-hydrogen) atoms. The van der Waals surface area contributed by atoms with Crippen molar-refractivity contribution in [3.05, 3.63) is 0 Å². The number of rotatable bonds is 3. The minimum atomic E-state index is -2.83. The van der Waals surface area contributed by atoms with Crippen LogP contribution in [0.25, 0.3) is 0 Å². The first kappa shape index (κ1) is 11.1. The predicted molar refractivity (Wildman–Crippen MR) is 53.1 cm³/mol. The van der Waals surface area contributed by atoms with Crippen molar-refractivity contribution in [2.24, 2.45) is 5.92 Å². The van der Waals surface area contributed by atoms with Crippen LogP contribution in [-0.2, 0) is 4.79 Å². The Morgan fingerprint density at radius 2 is 2.07 bits per heavy atom. The smallest absolute Gasteiger partial charge is 0.259 e. The summed E-state index contributed by atoms with van der Waals surface area (Å²) in [6.45, 7) is 0. The minimum absolute atomic E-state index is 0.168. The molecule has 0 aliphatic heterocycles. The van der Waals surface area contributed by atoms with Crippen molar-refractivity contribution >= 4 is 17.5 Å². The number of hydrogen-bond donors (Lipinski definition) is 1. The number of alkyl halides is 3. The Hall–Kier alpha value is -0.380. The highest BCUT2D eigenvalue weighted by atomic mass is 35.5. The zero-order valence-electron chi connectivity index (χ0n) is 8.36. The minimum Gasteiger partial charge on any atom is -0.349 e. The molecular formula is C10H14ClF2NO. The van der Waals surface area contributed by atoms with Crippen molar-refractivity contribution in [1.29, 1.82) is 0 Å². The number of nitrogens with one attached hydrogen (secondary N) is 1. The molecule has 0 radical (unpaired) electrons. The van der Waals surface area contributed by atoms with Crippen molar-refractivity contribution in [2.45, 2.75) is 43.6 Å². The summed E-state index contributed by atoms with van der Waals surface area (Å²) in [5, 5.41) is 2.66. The van der Waals surface area contributed by atoms with Gasteiger partial charge in [0.2, 0.25) is 5.91 Å². The van der Waals surface area contributed by atoms with Gasteiger partial charge in [0.25, 0.3) is 5.92 Å². The van der Waals surface area contributed by atoms with E-state index in [1.165, 1.54) is 0 Å². The molecule has 2 nitrogen and oxygen atoms in total. The van der Waals surface area contributed by atoms with Gasteiger partial charge in [-0.05, 0) is 25.7 Å². The number of carbonyl (C=O) groups is 1. The number of halogens is 3. The third-order valence-electron chi connectivity index (χ3n) is 3.33. The van der Waals surface area contributed by atoms with Gasteiger partial charge < -0.3 is 5.32 Å². The summed E-state index contributed by atoms with van der Waals surface area (Å²) in [6, 6.07) is 0. The molecule has 1 N–H and O–H groups in total. The van der Waals surface area contributed by atoms with Gasteiger partial charge in [0, 0.05) is 12.3 Å². The molecular weight excluding hydrogens is 224 g/mol. The van der Waals surface area contributed by atoms with E-state index in [2.05, 4.69) is 5.32 Å². The van der Waals surface area contributed by atoms with Crippen molar-refractivity contribution in [3.8, 4) is 0 Å². The van der Waals surface area contributed by atoms with E-state index >= 15 is 0 Å². The van der Waals surface area contributed by atoms with Crippen LogP contribution in [-0.4, -0.2) is 23.2 Å². The molecule has 0 aromatic carbocycles. The topological polar surface area (TPSA) is 29.1 Å². The molecule has 0 spiro atoms.